The summed E-state index contributed by atoms with van der Waals surface area (Å²) in [5, 5.41) is 2.81. The number of carbonyl (C=O) groups is 1. The summed E-state index contributed by atoms with van der Waals surface area (Å²) in [4.78, 5) is 12.3. The maximum Gasteiger partial charge on any atom is 0.241 e. The van der Waals surface area contributed by atoms with E-state index in [0.29, 0.717) is 23.7 Å². The van der Waals surface area contributed by atoms with Crippen molar-refractivity contribution in [1.82, 2.24) is 5.32 Å². The molecule has 0 spiro atoms. The second-order valence-electron chi connectivity index (χ2n) is 6.19. The molecule has 144 valence electrons. The molecule has 0 heterocycles. The number of benzene rings is 1. The van der Waals surface area contributed by atoms with Crippen LogP contribution in [0.4, 0.5) is 5.69 Å². The number of nitrogens with one attached hydrogen (secondary N) is 1. The van der Waals surface area contributed by atoms with Crippen LogP contribution in [-0.4, -0.2) is 47.9 Å². The Morgan fingerprint density at radius 3 is 2.58 bits per heavy atom. The summed E-state index contributed by atoms with van der Waals surface area (Å²) in [7, 11) is -0.722. The predicted octanol–water partition coefficient (Wildman–Crippen LogP) is 2.09. The quantitative estimate of drug-likeness (QED) is 0.696. The molecule has 0 atom stereocenters. The number of sulfonamides is 1. The topological polar surface area (TPSA) is 84.9 Å². The van der Waals surface area contributed by atoms with E-state index in [2.05, 4.69) is 11.4 Å². The highest BCUT2D eigenvalue weighted by Crippen LogP contribution is 2.33. The molecule has 1 aromatic carbocycles. The van der Waals surface area contributed by atoms with Crippen LogP contribution < -0.4 is 19.1 Å². The maximum absolute atomic E-state index is 12.3. The van der Waals surface area contributed by atoms with Gasteiger partial charge in [-0.25, -0.2) is 8.42 Å². The molecule has 1 N–H and O–H groups in total. The molecule has 0 radical (unpaired) electrons. The van der Waals surface area contributed by atoms with Gasteiger partial charge in [-0.2, -0.15) is 0 Å². The van der Waals surface area contributed by atoms with Gasteiger partial charge in [-0.3, -0.25) is 9.10 Å². The van der Waals surface area contributed by atoms with E-state index in [1.807, 2.05) is 0 Å². The van der Waals surface area contributed by atoms with Crippen molar-refractivity contribution in [1.29, 1.82) is 0 Å². The Morgan fingerprint density at radius 1 is 1.23 bits per heavy atom. The van der Waals surface area contributed by atoms with Crippen LogP contribution >= 0.6 is 0 Å². The second kappa shape index (κ2) is 8.93. The molecule has 0 saturated heterocycles. The van der Waals surface area contributed by atoms with E-state index in [0.717, 1.165) is 29.8 Å². The number of anilines is 1. The molecule has 0 unspecified atom stereocenters. The molecule has 1 aromatic rings. The van der Waals surface area contributed by atoms with Gasteiger partial charge in [-0.15, -0.1) is 0 Å². The number of hydrogen-bond acceptors (Lipinski definition) is 5. The van der Waals surface area contributed by atoms with Crippen LogP contribution in [0.1, 0.15) is 25.7 Å². The Kier molecular flexibility index (Phi) is 6.90. The highest BCUT2D eigenvalue weighted by Gasteiger charge is 2.24. The fourth-order valence-corrected chi connectivity index (χ4v) is 3.70. The first-order valence-electron chi connectivity index (χ1n) is 8.49. The highest BCUT2D eigenvalue weighted by atomic mass is 32.2. The average Bonchev–Trinajstić information content (AvgIpc) is 2.64. The molecule has 1 amide bonds. The normalized spacial score (nSPS) is 14.3. The summed E-state index contributed by atoms with van der Waals surface area (Å²) < 4.78 is 35.9. The molecule has 8 heteroatoms. The molecule has 26 heavy (non-hydrogen) atoms. The number of methoxy groups -OCH3 is 2. The van der Waals surface area contributed by atoms with E-state index < -0.39 is 10.0 Å². The van der Waals surface area contributed by atoms with Crippen LogP contribution in [0, 0.1) is 0 Å². The molecule has 0 aromatic heterocycles. The van der Waals surface area contributed by atoms with Gasteiger partial charge in [-0.05, 0) is 37.8 Å². The van der Waals surface area contributed by atoms with Crippen molar-refractivity contribution >= 4 is 21.6 Å². The van der Waals surface area contributed by atoms with Gasteiger partial charge in [0.15, 0.2) is 0 Å². The fourth-order valence-electron chi connectivity index (χ4n) is 2.84. The van der Waals surface area contributed by atoms with Gasteiger partial charge in [0.1, 0.15) is 18.0 Å². The fraction of sp³-hybridized carbons (Fsp3) is 0.500. The lowest BCUT2D eigenvalue weighted by molar-refractivity contribution is -0.119. The number of amides is 1. The molecular formula is C18H26N2O5S. The summed E-state index contributed by atoms with van der Waals surface area (Å²) in [6, 6.07) is 4.77. The summed E-state index contributed by atoms with van der Waals surface area (Å²) in [5.41, 5.74) is 1.49. The van der Waals surface area contributed by atoms with E-state index in [1.54, 1.807) is 18.2 Å². The van der Waals surface area contributed by atoms with Crippen molar-refractivity contribution < 1.29 is 22.7 Å². The van der Waals surface area contributed by atoms with Crippen molar-refractivity contribution in [3.8, 4) is 11.5 Å². The van der Waals surface area contributed by atoms with Crippen LogP contribution in [0.3, 0.4) is 0 Å². The zero-order valence-electron chi connectivity index (χ0n) is 15.4. The molecular weight excluding hydrogens is 356 g/mol. The second-order valence-corrected chi connectivity index (χ2v) is 8.10. The Morgan fingerprint density at radius 2 is 2.00 bits per heavy atom. The standard InChI is InChI=1S/C18H26N2O5S/c1-24-15-9-10-16(17(11-15)25-2)20(26(3,22)23)13-18(21)19-12-14-7-5-4-6-8-14/h7,9-11H,4-6,8,12-13H2,1-3H3,(H,19,21). The summed E-state index contributed by atoms with van der Waals surface area (Å²) >= 11 is 0. The summed E-state index contributed by atoms with van der Waals surface area (Å²) in [5.74, 6) is 0.491. The molecule has 0 aliphatic heterocycles. The molecule has 0 bridgehead atoms. The minimum absolute atomic E-state index is 0.294. The van der Waals surface area contributed by atoms with E-state index in [4.69, 9.17) is 9.47 Å². The summed E-state index contributed by atoms with van der Waals surface area (Å²) in [6.45, 7) is 0.144. The number of hydrogen-bond donors (Lipinski definition) is 1. The third-order valence-corrected chi connectivity index (χ3v) is 5.37. The van der Waals surface area contributed by atoms with Gasteiger partial charge in [0.25, 0.3) is 0 Å². The Hall–Kier alpha value is -2.22. The van der Waals surface area contributed by atoms with Crippen LogP contribution in [0.25, 0.3) is 0 Å². The minimum Gasteiger partial charge on any atom is -0.497 e. The number of carbonyl (C=O) groups excluding carboxylic acids is 1. The van der Waals surface area contributed by atoms with Crippen molar-refractivity contribution in [3.05, 3.63) is 29.8 Å². The largest absolute Gasteiger partial charge is 0.497 e. The molecule has 7 nitrogen and oxygen atoms in total. The third kappa shape index (κ3) is 5.39. The third-order valence-electron chi connectivity index (χ3n) is 4.24. The van der Waals surface area contributed by atoms with Crippen LogP contribution in [0.15, 0.2) is 29.8 Å². The van der Waals surface area contributed by atoms with Crippen LogP contribution in [0.5, 0.6) is 11.5 Å². The summed E-state index contributed by atoms with van der Waals surface area (Å²) in [6.07, 6.45) is 7.51. The van der Waals surface area contributed by atoms with E-state index in [1.165, 1.54) is 26.2 Å². The lowest BCUT2D eigenvalue weighted by Gasteiger charge is -2.24. The monoisotopic (exact) mass is 382 g/mol. The predicted molar refractivity (Wildman–Crippen MR) is 101 cm³/mol. The van der Waals surface area contributed by atoms with Gasteiger partial charge < -0.3 is 14.8 Å². The number of nitrogens with zero attached hydrogens (tertiary/aromatic N) is 1. The van der Waals surface area contributed by atoms with Gasteiger partial charge in [0.2, 0.25) is 15.9 Å². The zero-order valence-corrected chi connectivity index (χ0v) is 16.3. The van der Waals surface area contributed by atoms with Gasteiger partial charge in [0.05, 0.1) is 26.2 Å². The first-order chi connectivity index (χ1) is 12.3. The van der Waals surface area contributed by atoms with Gasteiger partial charge in [-0.1, -0.05) is 11.6 Å². The van der Waals surface area contributed by atoms with Crippen molar-refractivity contribution in [2.75, 3.05) is 37.9 Å². The van der Waals surface area contributed by atoms with Crippen molar-refractivity contribution in [3.63, 3.8) is 0 Å². The van der Waals surface area contributed by atoms with Crippen LogP contribution in [-0.2, 0) is 14.8 Å². The maximum atomic E-state index is 12.3. The van der Waals surface area contributed by atoms with Crippen molar-refractivity contribution in [2.45, 2.75) is 25.7 Å². The Labute approximate surface area is 155 Å². The SMILES string of the molecule is COc1ccc(N(CC(=O)NCC2=CCCCC2)S(C)(=O)=O)c(OC)c1. The first-order valence-corrected chi connectivity index (χ1v) is 10.3. The zero-order chi connectivity index (χ0) is 19.2. The van der Waals surface area contributed by atoms with E-state index in [-0.39, 0.29) is 12.5 Å². The van der Waals surface area contributed by atoms with Gasteiger partial charge >= 0.3 is 0 Å². The smallest absolute Gasteiger partial charge is 0.241 e. The van der Waals surface area contributed by atoms with Crippen molar-refractivity contribution in [2.24, 2.45) is 0 Å². The number of ether oxygens (including phenoxy) is 2. The lowest BCUT2D eigenvalue weighted by Crippen LogP contribution is -2.41. The Bertz CT molecular complexity index is 774. The molecule has 1 aliphatic carbocycles. The molecule has 0 saturated carbocycles. The molecule has 2 rings (SSSR count). The number of rotatable bonds is 8. The van der Waals surface area contributed by atoms with Crippen LogP contribution in [0.2, 0.25) is 0 Å². The lowest BCUT2D eigenvalue weighted by atomic mass is 10.00. The van der Waals surface area contributed by atoms with Gasteiger partial charge in [0, 0.05) is 12.6 Å². The minimum atomic E-state index is -3.67. The Balaban J connectivity index is 2.15. The highest BCUT2D eigenvalue weighted by molar-refractivity contribution is 7.92. The molecule has 1 aliphatic rings. The number of allylic oxidation sites excluding steroid dienone is 1. The van der Waals surface area contributed by atoms with E-state index >= 15 is 0 Å². The average molecular weight is 382 g/mol. The van der Waals surface area contributed by atoms with E-state index in [9.17, 15) is 13.2 Å². The molecule has 0 fully saturated rings. The first kappa shape index (κ1) is 20.1.